The highest BCUT2D eigenvalue weighted by molar-refractivity contribution is 5.89. The Morgan fingerprint density at radius 3 is 2.40 bits per heavy atom. The molecule has 212 valence electrons. The summed E-state index contributed by atoms with van der Waals surface area (Å²) in [4.78, 5) is 35.6. The van der Waals surface area contributed by atoms with Crippen LogP contribution in [0.2, 0.25) is 0 Å². The average Bonchev–Trinajstić information content (AvgIpc) is 3.42. The number of esters is 1. The monoisotopic (exact) mass is 551 g/mol. The first-order valence-electron chi connectivity index (χ1n) is 12.5. The Morgan fingerprint density at radius 2 is 1.77 bits per heavy atom. The maximum absolute atomic E-state index is 12.3. The zero-order valence-electron chi connectivity index (χ0n) is 23.3. The van der Waals surface area contributed by atoms with Crippen LogP contribution in [0, 0.1) is 15.5 Å². The van der Waals surface area contributed by atoms with Crippen LogP contribution in [-0.2, 0) is 10.2 Å². The number of rotatable bonds is 11. The second-order valence-corrected chi connectivity index (χ2v) is 10.9. The van der Waals surface area contributed by atoms with Crippen LogP contribution in [0.1, 0.15) is 62.7 Å². The zero-order valence-corrected chi connectivity index (χ0v) is 23.3. The van der Waals surface area contributed by atoms with Crippen LogP contribution in [-0.4, -0.2) is 36.7 Å². The summed E-state index contributed by atoms with van der Waals surface area (Å²) in [6.45, 7) is 9.96. The number of hydrazone groups is 1. The molecule has 0 saturated heterocycles. The van der Waals surface area contributed by atoms with Gasteiger partial charge in [-0.25, -0.2) is 10.2 Å². The number of benzene rings is 2. The quantitative estimate of drug-likeness (QED) is 0.106. The van der Waals surface area contributed by atoms with Gasteiger partial charge in [0.1, 0.15) is 0 Å². The van der Waals surface area contributed by atoms with E-state index in [1.54, 1.807) is 24.3 Å². The van der Waals surface area contributed by atoms with Crippen LogP contribution in [0.3, 0.4) is 0 Å². The van der Waals surface area contributed by atoms with Crippen LogP contribution in [0.5, 0.6) is 17.2 Å². The molecule has 3 rings (SSSR count). The number of nitrogens with zero attached hydrogens (tertiary/aromatic N) is 2. The molecular weight excluding hydrogens is 518 g/mol. The van der Waals surface area contributed by atoms with Gasteiger partial charge in [-0.05, 0) is 64.8 Å². The van der Waals surface area contributed by atoms with E-state index >= 15 is 0 Å². The zero-order chi connectivity index (χ0) is 29.5. The first-order chi connectivity index (χ1) is 18.8. The summed E-state index contributed by atoms with van der Waals surface area (Å²) in [6.07, 6.45) is 3.54. The Morgan fingerprint density at radius 1 is 1.05 bits per heavy atom. The Bertz CT molecular complexity index is 1390. The molecule has 0 fully saturated rings. The highest BCUT2D eigenvalue weighted by Gasteiger charge is 2.30. The van der Waals surface area contributed by atoms with Crippen molar-refractivity contribution < 1.29 is 33.1 Å². The molecule has 1 N–H and O–H groups in total. The normalized spacial score (nSPS) is 11.8. The lowest BCUT2D eigenvalue weighted by Gasteiger charge is -2.33. The molecule has 3 aromatic rings. The largest absolute Gasteiger partial charge is 0.493 e. The third-order valence-corrected chi connectivity index (χ3v) is 5.78. The lowest BCUT2D eigenvalue weighted by molar-refractivity contribution is -0.385. The minimum absolute atomic E-state index is 0.0103. The number of furan rings is 1. The first kappa shape index (κ1) is 29.9. The number of carbonyl (C=O) groups excluding carboxylic acids is 2. The van der Waals surface area contributed by atoms with Gasteiger partial charge < -0.3 is 18.6 Å². The van der Waals surface area contributed by atoms with E-state index in [2.05, 4.69) is 31.3 Å². The molecule has 11 heteroatoms. The smallest absolute Gasteiger partial charge is 0.379 e. The van der Waals surface area contributed by atoms with Crippen LogP contribution in [0.4, 0.5) is 5.69 Å². The van der Waals surface area contributed by atoms with Gasteiger partial charge in [-0.2, -0.15) is 5.10 Å². The predicted molar refractivity (Wildman–Crippen MR) is 148 cm³/mol. The molecule has 0 spiro atoms. The van der Waals surface area contributed by atoms with E-state index < -0.39 is 23.4 Å². The van der Waals surface area contributed by atoms with Crippen molar-refractivity contribution in [2.45, 2.75) is 46.5 Å². The van der Waals surface area contributed by atoms with Gasteiger partial charge in [-0.3, -0.25) is 14.9 Å². The summed E-state index contributed by atoms with van der Waals surface area (Å²) in [5.41, 5.74) is 3.19. The molecule has 1 amide bonds. The molecule has 0 aliphatic heterocycles. The minimum Gasteiger partial charge on any atom is -0.493 e. The molecule has 0 aliphatic carbocycles. The molecule has 0 atom stereocenters. The maximum atomic E-state index is 12.3. The van der Waals surface area contributed by atoms with Crippen LogP contribution in [0.15, 0.2) is 64.3 Å². The standard InChI is InChI=1S/C29H33N3O8/c1-28(2,3)18-29(4,5)20-10-12-22(21(15-20)32(35)36)39-17-26(33)31-30-16-19-9-11-23(25(14-19)37-6)40-27(34)24-8-7-13-38-24/h7-16H,17-18H2,1-6H3,(H,31,33). The molecule has 0 bridgehead atoms. The fourth-order valence-electron chi connectivity index (χ4n) is 4.38. The number of hydrogen-bond donors (Lipinski definition) is 1. The fraction of sp³-hybridized carbons (Fsp3) is 0.345. The third kappa shape index (κ3) is 8.16. The number of nitro benzene ring substituents is 1. The number of nitrogens with one attached hydrogen (secondary N) is 1. The molecule has 1 aromatic heterocycles. The van der Waals surface area contributed by atoms with Crippen molar-refractivity contribution in [3.8, 4) is 17.2 Å². The van der Waals surface area contributed by atoms with Crippen molar-refractivity contribution in [3.63, 3.8) is 0 Å². The summed E-state index contributed by atoms with van der Waals surface area (Å²) < 4.78 is 21.0. The SMILES string of the molecule is COc1cc(C=NNC(=O)COc2ccc(C(C)(C)CC(C)(C)C)cc2[N+](=O)[O-])ccc1OC(=O)c1ccco1. The predicted octanol–water partition coefficient (Wildman–Crippen LogP) is 5.66. The Kier molecular flexibility index (Phi) is 9.31. The number of nitro groups is 1. The van der Waals surface area contributed by atoms with E-state index in [0.29, 0.717) is 5.56 Å². The van der Waals surface area contributed by atoms with E-state index in [4.69, 9.17) is 18.6 Å². The van der Waals surface area contributed by atoms with Gasteiger partial charge in [0.25, 0.3) is 5.91 Å². The fourth-order valence-corrected chi connectivity index (χ4v) is 4.38. The van der Waals surface area contributed by atoms with Crippen molar-refractivity contribution in [2.24, 2.45) is 10.5 Å². The molecule has 0 radical (unpaired) electrons. The van der Waals surface area contributed by atoms with Gasteiger partial charge in [-0.15, -0.1) is 0 Å². The second kappa shape index (κ2) is 12.5. The minimum atomic E-state index is -0.680. The van der Waals surface area contributed by atoms with E-state index in [1.165, 1.54) is 43.9 Å². The lowest BCUT2D eigenvalue weighted by atomic mass is 9.72. The topological polar surface area (TPSA) is 142 Å². The average molecular weight is 552 g/mol. The first-order valence-corrected chi connectivity index (χ1v) is 12.5. The van der Waals surface area contributed by atoms with E-state index in [-0.39, 0.29) is 39.5 Å². The second-order valence-electron chi connectivity index (χ2n) is 10.9. The van der Waals surface area contributed by atoms with E-state index in [0.717, 1.165) is 12.0 Å². The van der Waals surface area contributed by atoms with E-state index in [1.807, 2.05) is 13.8 Å². The third-order valence-electron chi connectivity index (χ3n) is 5.78. The van der Waals surface area contributed by atoms with Crippen molar-refractivity contribution in [3.05, 3.63) is 81.8 Å². The van der Waals surface area contributed by atoms with Gasteiger partial charge in [0.05, 0.1) is 24.5 Å². The molecule has 2 aromatic carbocycles. The molecule has 0 aliphatic rings. The highest BCUT2D eigenvalue weighted by Crippen LogP contribution is 2.39. The van der Waals surface area contributed by atoms with E-state index in [9.17, 15) is 19.7 Å². The number of methoxy groups -OCH3 is 1. The van der Waals surface area contributed by atoms with Crippen LogP contribution < -0.4 is 19.6 Å². The Hall–Kier alpha value is -4.67. The van der Waals surface area contributed by atoms with Gasteiger partial charge in [0, 0.05) is 6.07 Å². The summed E-state index contributed by atoms with van der Waals surface area (Å²) in [7, 11) is 1.41. The lowest BCUT2D eigenvalue weighted by Crippen LogP contribution is -2.26. The molecule has 11 nitrogen and oxygen atoms in total. The van der Waals surface area contributed by atoms with Crippen molar-refractivity contribution >= 4 is 23.8 Å². The van der Waals surface area contributed by atoms with Crippen LogP contribution >= 0.6 is 0 Å². The molecule has 0 unspecified atom stereocenters. The number of amides is 1. The number of carbonyl (C=O) groups is 2. The van der Waals surface area contributed by atoms with Gasteiger partial charge >= 0.3 is 11.7 Å². The maximum Gasteiger partial charge on any atom is 0.379 e. The summed E-state index contributed by atoms with van der Waals surface area (Å²) >= 11 is 0. The van der Waals surface area contributed by atoms with Crippen molar-refractivity contribution in [1.82, 2.24) is 5.43 Å². The number of hydrogen-bond acceptors (Lipinski definition) is 9. The Balaban J connectivity index is 1.60. The summed E-state index contributed by atoms with van der Waals surface area (Å²) in [6, 6.07) is 12.5. The molecule has 40 heavy (non-hydrogen) atoms. The molecule has 1 heterocycles. The molecule has 0 saturated carbocycles. The number of ether oxygens (including phenoxy) is 3. The summed E-state index contributed by atoms with van der Waals surface area (Å²) in [5, 5.41) is 15.6. The van der Waals surface area contributed by atoms with Crippen molar-refractivity contribution in [1.29, 1.82) is 0 Å². The highest BCUT2D eigenvalue weighted by atomic mass is 16.6. The molecular formula is C29H33N3O8. The van der Waals surface area contributed by atoms with Crippen molar-refractivity contribution in [2.75, 3.05) is 13.7 Å². The summed E-state index contributed by atoms with van der Waals surface area (Å²) in [5.74, 6) is -0.820. The Labute approximate surface area is 232 Å². The van der Waals surface area contributed by atoms with Gasteiger partial charge in [0.15, 0.2) is 23.9 Å². The van der Waals surface area contributed by atoms with Gasteiger partial charge in [0.2, 0.25) is 5.76 Å². The van der Waals surface area contributed by atoms with Crippen LogP contribution in [0.25, 0.3) is 0 Å². The van der Waals surface area contributed by atoms with Gasteiger partial charge in [-0.1, -0.05) is 40.7 Å².